The van der Waals surface area contributed by atoms with Gasteiger partial charge in [-0.3, -0.25) is 0 Å². The number of nitrogens with zero attached hydrogens (tertiary/aromatic N) is 1. The van der Waals surface area contributed by atoms with Crippen LogP contribution < -0.4 is 5.32 Å². The van der Waals surface area contributed by atoms with Crippen molar-refractivity contribution in [2.24, 2.45) is 5.92 Å². The summed E-state index contributed by atoms with van der Waals surface area (Å²) in [7, 11) is 0. The summed E-state index contributed by atoms with van der Waals surface area (Å²) in [5.74, 6) is 0.115. The van der Waals surface area contributed by atoms with Gasteiger partial charge in [0.1, 0.15) is 11.9 Å². The van der Waals surface area contributed by atoms with Crippen molar-refractivity contribution < 1.29 is 4.39 Å². The Bertz CT molecular complexity index is 393. The summed E-state index contributed by atoms with van der Waals surface area (Å²) in [4.78, 5) is 0. The highest BCUT2D eigenvalue weighted by Crippen LogP contribution is 2.16. The molecule has 0 fully saturated rings. The van der Waals surface area contributed by atoms with Crippen LogP contribution in [-0.2, 0) is 0 Å². The van der Waals surface area contributed by atoms with Gasteiger partial charge in [0.25, 0.3) is 0 Å². The van der Waals surface area contributed by atoms with Crippen LogP contribution in [0.15, 0.2) is 18.2 Å². The molecule has 1 aromatic carbocycles. The molecule has 3 heteroatoms. The van der Waals surface area contributed by atoms with Crippen LogP contribution in [0.2, 0.25) is 0 Å². The zero-order valence-electron chi connectivity index (χ0n) is 9.92. The van der Waals surface area contributed by atoms with E-state index >= 15 is 0 Å². The normalized spacial score (nSPS) is 12.5. The van der Waals surface area contributed by atoms with Crippen molar-refractivity contribution in [3.63, 3.8) is 0 Å². The third-order valence-electron chi connectivity index (χ3n) is 2.45. The molecular formula is C13H17FN2. The first-order valence-corrected chi connectivity index (χ1v) is 5.47. The smallest absolute Gasteiger partial charge is 0.141 e. The monoisotopic (exact) mass is 220 g/mol. The van der Waals surface area contributed by atoms with Gasteiger partial charge < -0.3 is 5.32 Å². The zero-order chi connectivity index (χ0) is 12.1. The zero-order valence-corrected chi connectivity index (χ0v) is 9.92. The average molecular weight is 220 g/mol. The Labute approximate surface area is 96.1 Å². The number of hydrogen-bond donors (Lipinski definition) is 1. The number of benzene rings is 1. The molecule has 1 rings (SSSR count). The third-order valence-corrected chi connectivity index (χ3v) is 2.45. The van der Waals surface area contributed by atoms with Gasteiger partial charge in [0.15, 0.2) is 0 Å². The summed E-state index contributed by atoms with van der Waals surface area (Å²) < 4.78 is 13.4. The summed E-state index contributed by atoms with van der Waals surface area (Å²) in [6, 6.07) is 6.66. The molecule has 0 spiro atoms. The van der Waals surface area contributed by atoms with Gasteiger partial charge in [-0.05, 0) is 37.1 Å². The van der Waals surface area contributed by atoms with Gasteiger partial charge >= 0.3 is 0 Å². The lowest BCUT2D eigenvalue weighted by atomic mass is 10.1. The van der Waals surface area contributed by atoms with Gasteiger partial charge in [-0.2, -0.15) is 5.26 Å². The first-order chi connectivity index (χ1) is 7.54. The molecule has 0 heterocycles. The maximum absolute atomic E-state index is 13.4. The van der Waals surface area contributed by atoms with Crippen LogP contribution in [0.1, 0.15) is 37.9 Å². The van der Waals surface area contributed by atoms with Gasteiger partial charge in [-0.25, -0.2) is 4.39 Å². The fraction of sp³-hybridized carbons (Fsp3) is 0.462. The van der Waals surface area contributed by atoms with Crippen LogP contribution in [0.3, 0.4) is 0 Å². The van der Waals surface area contributed by atoms with E-state index in [-0.39, 0.29) is 11.6 Å². The molecule has 0 aliphatic carbocycles. The molecule has 0 bridgehead atoms. The minimum atomic E-state index is -0.446. The molecule has 0 amide bonds. The van der Waals surface area contributed by atoms with E-state index in [9.17, 15) is 4.39 Å². The second-order valence-electron chi connectivity index (χ2n) is 4.37. The second kappa shape index (κ2) is 5.62. The standard InChI is InChI=1S/C13H17FN2/c1-9(2)8-16-10(3)11-4-5-12(7-15)13(14)6-11/h4-6,9-10,16H,8H2,1-3H3. The van der Waals surface area contributed by atoms with Crippen LogP contribution in [0.25, 0.3) is 0 Å². The fourth-order valence-corrected chi connectivity index (χ4v) is 1.42. The summed E-state index contributed by atoms with van der Waals surface area (Å²) in [5, 5.41) is 11.9. The van der Waals surface area contributed by atoms with Crippen molar-refractivity contribution in [2.75, 3.05) is 6.54 Å². The van der Waals surface area contributed by atoms with Gasteiger partial charge in [-0.1, -0.05) is 19.9 Å². The molecule has 0 saturated carbocycles. The van der Waals surface area contributed by atoms with E-state index in [0.29, 0.717) is 5.92 Å². The van der Waals surface area contributed by atoms with Gasteiger partial charge in [-0.15, -0.1) is 0 Å². The van der Waals surface area contributed by atoms with Crippen molar-refractivity contribution in [1.29, 1.82) is 5.26 Å². The van der Waals surface area contributed by atoms with Gasteiger partial charge in [0, 0.05) is 6.04 Å². The lowest BCUT2D eigenvalue weighted by Gasteiger charge is -2.16. The first-order valence-electron chi connectivity index (χ1n) is 5.47. The second-order valence-corrected chi connectivity index (χ2v) is 4.37. The lowest BCUT2D eigenvalue weighted by Crippen LogP contribution is -2.23. The molecule has 0 aromatic heterocycles. The number of nitrogens with one attached hydrogen (secondary N) is 1. The molecule has 16 heavy (non-hydrogen) atoms. The van der Waals surface area contributed by atoms with E-state index in [4.69, 9.17) is 5.26 Å². The Morgan fingerprint density at radius 1 is 1.38 bits per heavy atom. The molecule has 2 nitrogen and oxygen atoms in total. The lowest BCUT2D eigenvalue weighted by molar-refractivity contribution is 0.494. The van der Waals surface area contributed by atoms with Crippen molar-refractivity contribution >= 4 is 0 Å². The topological polar surface area (TPSA) is 35.8 Å². The summed E-state index contributed by atoms with van der Waals surface area (Å²) in [6.45, 7) is 7.13. The highest BCUT2D eigenvalue weighted by molar-refractivity contribution is 5.34. The van der Waals surface area contributed by atoms with Crippen LogP contribution in [0, 0.1) is 23.1 Å². The Hall–Kier alpha value is -1.40. The van der Waals surface area contributed by atoms with Crippen LogP contribution in [0.4, 0.5) is 4.39 Å². The molecule has 0 aliphatic heterocycles. The van der Waals surface area contributed by atoms with Crippen molar-refractivity contribution in [1.82, 2.24) is 5.32 Å². The molecule has 0 aliphatic rings. The summed E-state index contributed by atoms with van der Waals surface area (Å²) in [6.07, 6.45) is 0. The Morgan fingerprint density at radius 3 is 2.56 bits per heavy atom. The van der Waals surface area contributed by atoms with E-state index in [0.717, 1.165) is 12.1 Å². The molecule has 1 N–H and O–H groups in total. The molecule has 0 saturated heterocycles. The third kappa shape index (κ3) is 3.32. The quantitative estimate of drug-likeness (QED) is 0.846. The number of halogens is 1. The predicted molar refractivity (Wildman–Crippen MR) is 62.4 cm³/mol. The number of nitriles is 1. The molecule has 1 aromatic rings. The van der Waals surface area contributed by atoms with Crippen molar-refractivity contribution in [2.45, 2.75) is 26.8 Å². The molecule has 1 atom stereocenters. The van der Waals surface area contributed by atoms with E-state index in [1.165, 1.54) is 12.1 Å². The summed E-state index contributed by atoms with van der Waals surface area (Å²) >= 11 is 0. The highest BCUT2D eigenvalue weighted by atomic mass is 19.1. The molecule has 1 unspecified atom stereocenters. The molecule has 0 radical (unpaired) electrons. The van der Waals surface area contributed by atoms with Crippen LogP contribution >= 0.6 is 0 Å². The van der Waals surface area contributed by atoms with E-state index in [2.05, 4.69) is 19.2 Å². The maximum atomic E-state index is 13.4. The average Bonchev–Trinajstić information content (AvgIpc) is 2.25. The Morgan fingerprint density at radius 2 is 2.06 bits per heavy atom. The minimum absolute atomic E-state index is 0.0970. The highest BCUT2D eigenvalue weighted by Gasteiger charge is 2.08. The molecule has 86 valence electrons. The van der Waals surface area contributed by atoms with Crippen LogP contribution in [-0.4, -0.2) is 6.54 Å². The molecular weight excluding hydrogens is 203 g/mol. The Balaban J connectivity index is 2.74. The van der Waals surface area contributed by atoms with Crippen LogP contribution in [0.5, 0.6) is 0 Å². The predicted octanol–water partition coefficient (Wildman–Crippen LogP) is 3.00. The minimum Gasteiger partial charge on any atom is -0.310 e. The maximum Gasteiger partial charge on any atom is 0.141 e. The van der Waals surface area contributed by atoms with Gasteiger partial charge in [0.05, 0.1) is 5.56 Å². The number of rotatable bonds is 4. The van der Waals surface area contributed by atoms with E-state index in [1.807, 2.05) is 13.0 Å². The van der Waals surface area contributed by atoms with E-state index in [1.54, 1.807) is 6.07 Å². The summed E-state index contributed by atoms with van der Waals surface area (Å²) in [5.41, 5.74) is 0.969. The van der Waals surface area contributed by atoms with E-state index < -0.39 is 5.82 Å². The Kier molecular flexibility index (Phi) is 4.45. The fourth-order valence-electron chi connectivity index (χ4n) is 1.42. The van der Waals surface area contributed by atoms with Crippen molar-refractivity contribution in [3.05, 3.63) is 35.1 Å². The number of hydrogen-bond acceptors (Lipinski definition) is 2. The SMILES string of the molecule is CC(C)CNC(C)c1ccc(C#N)c(F)c1. The van der Waals surface area contributed by atoms with Crippen molar-refractivity contribution in [3.8, 4) is 6.07 Å². The first kappa shape index (κ1) is 12.7. The largest absolute Gasteiger partial charge is 0.310 e. The van der Waals surface area contributed by atoms with Gasteiger partial charge in [0.2, 0.25) is 0 Å².